The number of aromatic nitrogens is 2. The van der Waals surface area contributed by atoms with E-state index in [1.165, 1.54) is 6.07 Å². The van der Waals surface area contributed by atoms with Crippen molar-refractivity contribution >= 4 is 39.2 Å². The first kappa shape index (κ1) is 14.4. The lowest BCUT2D eigenvalue weighted by atomic mass is 10.1. The van der Waals surface area contributed by atoms with E-state index in [1.54, 1.807) is 4.57 Å². The van der Waals surface area contributed by atoms with Gasteiger partial charge in [0.15, 0.2) is 10.6 Å². The van der Waals surface area contributed by atoms with Gasteiger partial charge in [-0.15, -0.1) is 0 Å². The minimum Gasteiger partial charge on any atom is -0.328 e. The van der Waals surface area contributed by atoms with Crippen LogP contribution in [0.3, 0.4) is 0 Å². The van der Waals surface area contributed by atoms with Gasteiger partial charge in [0, 0.05) is 16.6 Å². The molecule has 0 saturated heterocycles. The maximum Gasteiger partial charge on any atom is 0.182 e. The van der Waals surface area contributed by atoms with E-state index in [4.69, 9.17) is 12.2 Å². The molecule has 6 heteroatoms. The number of benzene rings is 2. The fraction of sp³-hybridized carbons (Fsp3) is 0.133. The quantitative estimate of drug-likeness (QED) is 0.574. The van der Waals surface area contributed by atoms with Gasteiger partial charge in [-0.2, -0.15) is 0 Å². The maximum atomic E-state index is 13.9. The van der Waals surface area contributed by atoms with E-state index in [9.17, 15) is 8.78 Å². The van der Waals surface area contributed by atoms with E-state index < -0.39 is 11.6 Å². The normalized spacial score (nSPS) is 11.3. The minimum atomic E-state index is -0.651. The van der Waals surface area contributed by atoms with Crippen LogP contribution in [0.5, 0.6) is 0 Å². The molecule has 1 N–H and O–H groups in total. The molecule has 0 saturated carbocycles. The van der Waals surface area contributed by atoms with Crippen molar-refractivity contribution in [2.75, 3.05) is 0 Å². The van der Waals surface area contributed by atoms with Gasteiger partial charge >= 0.3 is 0 Å². The summed E-state index contributed by atoms with van der Waals surface area (Å²) in [7, 11) is 0. The van der Waals surface area contributed by atoms with E-state index in [2.05, 4.69) is 20.9 Å². The molecule has 3 rings (SSSR count). The molecular formula is C15H11BrF2N2S. The van der Waals surface area contributed by atoms with Crippen LogP contribution in [0.4, 0.5) is 8.78 Å². The van der Waals surface area contributed by atoms with E-state index in [1.807, 2.05) is 26.0 Å². The van der Waals surface area contributed by atoms with Crippen LogP contribution >= 0.6 is 28.1 Å². The van der Waals surface area contributed by atoms with Crippen LogP contribution in [-0.2, 0) is 0 Å². The molecule has 0 amide bonds. The fourth-order valence-corrected chi connectivity index (χ4v) is 3.59. The summed E-state index contributed by atoms with van der Waals surface area (Å²) in [5.41, 5.74) is 3.36. The van der Waals surface area contributed by atoms with E-state index in [-0.39, 0.29) is 5.52 Å². The number of imidazole rings is 1. The third-order valence-corrected chi connectivity index (χ3v) is 4.13. The van der Waals surface area contributed by atoms with Crippen molar-refractivity contribution in [2.24, 2.45) is 0 Å². The monoisotopic (exact) mass is 368 g/mol. The summed E-state index contributed by atoms with van der Waals surface area (Å²) in [6, 6.07) is 6.02. The number of halogens is 3. The molecule has 2 aromatic carbocycles. The number of aryl methyl sites for hydroxylation is 2. The Morgan fingerprint density at radius 2 is 1.71 bits per heavy atom. The Hall–Kier alpha value is -1.53. The molecule has 2 nitrogen and oxygen atoms in total. The first-order chi connectivity index (χ1) is 9.88. The number of nitrogens with zero attached hydrogens (tertiary/aromatic N) is 1. The van der Waals surface area contributed by atoms with Crippen molar-refractivity contribution in [3.8, 4) is 5.69 Å². The Morgan fingerprint density at radius 1 is 1.10 bits per heavy atom. The Balaban J connectivity index is 2.47. The highest BCUT2D eigenvalue weighted by Gasteiger charge is 2.15. The first-order valence-electron chi connectivity index (χ1n) is 6.25. The molecule has 0 atom stereocenters. The van der Waals surface area contributed by atoms with Gasteiger partial charge in [0.25, 0.3) is 0 Å². The topological polar surface area (TPSA) is 20.7 Å². The maximum absolute atomic E-state index is 13.9. The molecule has 1 aromatic heterocycles. The van der Waals surface area contributed by atoms with Crippen LogP contribution in [0.2, 0.25) is 0 Å². The average molecular weight is 369 g/mol. The number of nitrogens with one attached hydrogen (secondary N) is 1. The van der Waals surface area contributed by atoms with Crippen LogP contribution in [-0.4, -0.2) is 9.55 Å². The van der Waals surface area contributed by atoms with Crippen molar-refractivity contribution in [3.63, 3.8) is 0 Å². The van der Waals surface area contributed by atoms with E-state index in [0.29, 0.717) is 10.3 Å². The Labute approximate surface area is 133 Å². The van der Waals surface area contributed by atoms with Gasteiger partial charge in [-0.3, -0.25) is 4.57 Å². The molecule has 0 aliphatic rings. The molecule has 0 aliphatic heterocycles. The second kappa shape index (κ2) is 5.03. The standard InChI is InChI=1S/C15H11BrF2N2S/c1-7-3-9(16)4-8(2)14(7)20-12-6-10(17)5-11(18)13(12)19-15(20)21/h3-6H,1-2H3,(H,19,21). The fourth-order valence-electron chi connectivity index (χ4n) is 2.61. The highest BCUT2D eigenvalue weighted by Crippen LogP contribution is 2.29. The predicted molar refractivity (Wildman–Crippen MR) is 85.5 cm³/mol. The molecule has 21 heavy (non-hydrogen) atoms. The van der Waals surface area contributed by atoms with Gasteiger partial charge in [-0.1, -0.05) is 15.9 Å². The molecular weight excluding hydrogens is 358 g/mol. The number of H-pyrrole nitrogens is 1. The molecule has 0 spiro atoms. The zero-order valence-corrected chi connectivity index (χ0v) is 13.7. The molecule has 0 fully saturated rings. The lowest BCUT2D eigenvalue weighted by molar-refractivity contribution is 0.590. The molecule has 0 bridgehead atoms. The molecule has 0 unspecified atom stereocenters. The minimum absolute atomic E-state index is 0.211. The van der Waals surface area contributed by atoms with Crippen molar-refractivity contribution in [1.82, 2.24) is 9.55 Å². The smallest absolute Gasteiger partial charge is 0.182 e. The highest BCUT2D eigenvalue weighted by atomic mass is 79.9. The van der Waals surface area contributed by atoms with Crippen molar-refractivity contribution < 1.29 is 8.78 Å². The average Bonchev–Trinajstić information content (AvgIpc) is 2.66. The summed E-state index contributed by atoms with van der Waals surface area (Å²) in [4.78, 5) is 2.81. The molecule has 108 valence electrons. The number of hydrogen-bond donors (Lipinski definition) is 1. The highest BCUT2D eigenvalue weighted by molar-refractivity contribution is 9.10. The second-order valence-corrected chi connectivity index (χ2v) is 6.24. The Bertz CT molecular complexity index is 904. The zero-order valence-electron chi connectivity index (χ0n) is 11.3. The van der Waals surface area contributed by atoms with Crippen molar-refractivity contribution in [2.45, 2.75) is 13.8 Å². The van der Waals surface area contributed by atoms with Crippen LogP contribution in [0.25, 0.3) is 16.7 Å². The Morgan fingerprint density at radius 3 is 2.33 bits per heavy atom. The van der Waals surface area contributed by atoms with Gasteiger partial charge in [-0.25, -0.2) is 8.78 Å². The lowest BCUT2D eigenvalue weighted by Gasteiger charge is -2.13. The summed E-state index contributed by atoms with van der Waals surface area (Å²) in [5, 5.41) is 0. The zero-order chi connectivity index (χ0) is 15.3. The van der Waals surface area contributed by atoms with Gasteiger partial charge in [-0.05, 0) is 49.3 Å². The molecule has 1 heterocycles. The predicted octanol–water partition coefficient (Wildman–Crippen LogP) is 5.35. The van der Waals surface area contributed by atoms with Crippen LogP contribution < -0.4 is 0 Å². The lowest BCUT2D eigenvalue weighted by Crippen LogP contribution is -2.01. The Kier molecular flexibility index (Phi) is 3.45. The van der Waals surface area contributed by atoms with Crippen molar-refractivity contribution in [1.29, 1.82) is 0 Å². The molecule has 3 aromatic rings. The van der Waals surface area contributed by atoms with Gasteiger partial charge in [0.05, 0.1) is 11.2 Å². The summed E-state index contributed by atoms with van der Waals surface area (Å²) in [5.74, 6) is -1.28. The molecule has 0 radical (unpaired) electrons. The van der Waals surface area contributed by atoms with Crippen molar-refractivity contribution in [3.05, 3.63) is 56.3 Å². The number of aromatic amines is 1. The number of hydrogen-bond acceptors (Lipinski definition) is 1. The largest absolute Gasteiger partial charge is 0.328 e. The van der Waals surface area contributed by atoms with Gasteiger partial charge < -0.3 is 4.98 Å². The summed E-state index contributed by atoms with van der Waals surface area (Å²) in [6.07, 6.45) is 0. The van der Waals surface area contributed by atoms with Crippen LogP contribution in [0.15, 0.2) is 28.7 Å². The summed E-state index contributed by atoms with van der Waals surface area (Å²) >= 11 is 8.74. The van der Waals surface area contributed by atoms with E-state index >= 15 is 0 Å². The molecule has 0 aliphatic carbocycles. The van der Waals surface area contributed by atoms with Crippen LogP contribution in [0.1, 0.15) is 11.1 Å². The SMILES string of the molecule is Cc1cc(Br)cc(C)c1-n1c(=S)[nH]c2c(F)cc(F)cc21. The van der Waals surface area contributed by atoms with Gasteiger partial charge in [0.2, 0.25) is 0 Å². The first-order valence-corrected chi connectivity index (χ1v) is 7.45. The van der Waals surface area contributed by atoms with Gasteiger partial charge in [0.1, 0.15) is 11.3 Å². The third-order valence-electron chi connectivity index (χ3n) is 3.39. The number of rotatable bonds is 1. The van der Waals surface area contributed by atoms with Crippen LogP contribution in [0, 0.1) is 30.3 Å². The second-order valence-electron chi connectivity index (χ2n) is 4.94. The summed E-state index contributed by atoms with van der Waals surface area (Å²) < 4.78 is 30.4. The summed E-state index contributed by atoms with van der Waals surface area (Å²) in [6.45, 7) is 3.87. The van der Waals surface area contributed by atoms with E-state index in [0.717, 1.165) is 27.4 Å². The third kappa shape index (κ3) is 2.32. The number of fused-ring (bicyclic) bond motifs is 1.